The molecule has 0 radical (unpaired) electrons. The Labute approximate surface area is 135 Å². The van der Waals surface area contributed by atoms with Crippen molar-refractivity contribution in [2.75, 3.05) is 13.2 Å². The zero-order valence-corrected chi connectivity index (χ0v) is 13.7. The molecule has 22 heavy (non-hydrogen) atoms. The van der Waals surface area contributed by atoms with Gasteiger partial charge in [0.2, 0.25) is 0 Å². The quantitative estimate of drug-likeness (QED) is 0.932. The van der Waals surface area contributed by atoms with Gasteiger partial charge in [-0.3, -0.25) is 0 Å². The van der Waals surface area contributed by atoms with Gasteiger partial charge in [-0.2, -0.15) is 0 Å². The summed E-state index contributed by atoms with van der Waals surface area (Å²) < 4.78 is 10.8. The van der Waals surface area contributed by atoms with Crippen LogP contribution in [0.5, 0.6) is 0 Å². The molecule has 118 valence electrons. The fourth-order valence-corrected chi connectivity index (χ4v) is 3.19. The topological polar surface area (TPSA) is 47.3 Å². The van der Waals surface area contributed by atoms with Gasteiger partial charge in [-0.05, 0) is 44.4 Å². The average Bonchev–Trinajstić information content (AvgIpc) is 2.85. The van der Waals surface area contributed by atoms with Crippen molar-refractivity contribution >= 4 is 11.6 Å². The molecule has 0 aliphatic carbocycles. The number of aryl methyl sites for hydroxylation is 2. The highest BCUT2D eigenvalue weighted by Crippen LogP contribution is 2.33. The summed E-state index contributed by atoms with van der Waals surface area (Å²) in [5, 5.41) is 8.52. The third-order valence-electron chi connectivity index (χ3n) is 4.53. The Balaban J connectivity index is 1.85. The summed E-state index contributed by atoms with van der Waals surface area (Å²) in [6.07, 6.45) is 1.88. The molecule has 1 N–H and O–H groups in total. The van der Waals surface area contributed by atoms with E-state index in [9.17, 15) is 0 Å². The SMILES string of the molecule is Cc1noc(C)c1CNC1(c2ccc(Cl)cc2)CCOCC1. The Morgan fingerprint density at radius 2 is 1.86 bits per heavy atom. The highest BCUT2D eigenvalue weighted by Gasteiger charge is 2.34. The Bertz CT molecular complexity index is 611. The number of ether oxygens (including phenoxy) is 1. The minimum Gasteiger partial charge on any atom is -0.381 e. The predicted octanol–water partition coefficient (Wildman–Crippen LogP) is 3.74. The highest BCUT2D eigenvalue weighted by molar-refractivity contribution is 6.30. The van der Waals surface area contributed by atoms with Crippen LogP contribution < -0.4 is 5.32 Å². The summed E-state index contributed by atoms with van der Waals surface area (Å²) in [6.45, 7) is 6.20. The first-order chi connectivity index (χ1) is 10.6. The molecule has 0 saturated carbocycles. The van der Waals surface area contributed by atoms with Gasteiger partial charge in [0.15, 0.2) is 0 Å². The van der Waals surface area contributed by atoms with Gasteiger partial charge < -0.3 is 14.6 Å². The molecule has 0 amide bonds. The van der Waals surface area contributed by atoms with Crippen LogP contribution in [-0.2, 0) is 16.8 Å². The number of benzene rings is 1. The van der Waals surface area contributed by atoms with Crippen molar-refractivity contribution < 1.29 is 9.26 Å². The van der Waals surface area contributed by atoms with E-state index >= 15 is 0 Å². The fourth-order valence-electron chi connectivity index (χ4n) is 3.07. The molecule has 1 aliphatic heterocycles. The molecule has 0 bridgehead atoms. The van der Waals surface area contributed by atoms with Crippen molar-refractivity contribution in [3.8, 4) is 0 Å². The third-order valence-corrected chi connectivity index (χ3v) is 4.78. The van der Waals surface area contributed by atoms with Crippen LogP contribution in [0.15, 0.2) is 28.8 Å². The molecule has 1 aliphatic rings. The molecule has 1 aromatic heterocycles. The van der Waals surface area contributed by atoms with E-state index in [1.54, 1.807) is 0 Å². The second-order valence-electron chi connectivity index (χ2n) is 5.86. The maximum absolute atomic E-state index is 6.03. The van der Waals surface area contributed by atoms with Crippen LogP contribution in [0.2, 0.25) is 5.02 Å². The van der Waals surface area contributed by atoms with Gasteiger partial charge in [0.1, 0.15) is 5.76 Å². The first-order valence-electron chi connectivity index (χ1n) is 7.61. The standard InChI is InChI=1S/C17H21ClN2O2/c1-12-16(13(2)22-20-12)11-19-17(7-9-21-10-8-17)14-3-5-15(18)6-4-14/h3-6,19H,7-11H2,1-2H3. The van der Waals surface area contributed by atoms with Crippen LogP contribution in [0.25, 0.3) is 0 Å². The Hall–Kier alpha value is -1.36. The summed E-state index contributed by atoms with van der Waals surface area (Å²) in [5.41, 5.74) is 3.26. The number of nitrogens with one attached hydrogen (secondary N) is 1. The van der Waals surface area contributed by atoms with E-state index in [0.717, 1.165) is 54.6 Å². The summed E-state index contributed by atoms with van der Waals surface area (Å²) in [4.78, 5) is 0. The molecule has 4 nitrogen and oxygen atoms in total. The number of hydrogen-bond acceptors (Lipinski definition) is 4. The van der Waals surface area contributed by atoms with Crippen LogP contribution >= 0.6 is 11.6 Å². The van der Waals surface area contributed by atoms with Crippen LogP contribution in [0.1, 0.15) is 35.4 Å². The number of rotatable bonds is 4. The molecule has 0 unspecified atom stereocenters. The molecule has 1 saturated heterocycles. The van der Waals surface area contributed by atoms with Gasteiger partial charge in [-0.15, -0.1) is 0 Å². The van der Waals surface area contributed by atoms with E-state index in [4.69, 9.17) is 20.9 Å². The summed E-state index contributed by atoms with van der Waals surface area (Å²) in [7, 11) is 0. The second-order valence-corrected chi connectivity index (χ2v) is 6.29. The lowest BCUT2D eigenvalue weighted by Gasteiger charge is -2.39. The number of aromatic nitrogens is 1. The van der Waals surface area contributed by atoms with Crippen LogP contribution in [0.4, 0.5) is 0 Å². The fraction of sp³-hybridized carbons (Fsp3) is 0.471. The molecular formula is C17H21ClN2O2. The first kappa shape index (κ1) is 15.5. The highest BCUT2D eigenvalue weighted by atomic mass is 35.5. The Morgan fingerprint density at radius 1 is 1.18 bits per heavy atom. The van der Waals surface area contributed by atoms with Crippen molar-refractivity contribution in [3.05, 3.63) is 51.9 Å². The molecule has 1 aromatic carbocycles. The van der Waals surface area contributed by atoms with E-state index < -0.39 is 0 Å². The van der Waals surface area contributed by atoms with Crippen molar-refractivity contribution in [2.24, 2.45) is 0 Å². The number of halogens is 1. The van der Waals surface area contributed by atoms with Crippen LogP contribution in [0, 0.1) is 13.8 Å². The van der Waals surface area contributed by atoms with E-state index in [1.165, 1.54) is 5.56 Å². The lowest BCUT2D eigenvalue weighted by molar-refractivity contribution is 0.0357. The Morgan fingerprint density at radius 3 is 2.45 bits per heavy atom. The molecule has 0 spiro atoms. The van der Waals surface area contributed by atoms with Crippen LogP contribution in [-0.4, -0.2) is 18.4 Å². The number of nitrogens with zero attached hydrogens (tertiary/aromatic N) is 1. The minimum atomic E-state index is -0.0843. The molecular weight excluding hydrogens is 300 g/mol. The van der Waals surface area contributed by atoms with Crippen LogP contribution in [0.3, 0.4) is 0 Å². The summed E-state index contributed by atoms with van der Waals surface area (Å²) in [5.74, 6) is 0.878. The van der Waals surface area contributed by atoms with Gasteiger partial charge in [-0.25, -0.2) is 0 Å². The lowest BCUT2D eigenvalue weighted by Crippen LogP contribution is -2.46. The third kappa shape index (κ3) is 3.05. The maximum atomic E-state index is 6.03. The minimum absolute atomic E-state index is 0.0843. The van der Waals surface area contributed by atoms with E-state index in [1.807, 2.05) is 26.0 Å². The second kappa shape index (κ2) is 6.41. The van der Waals surface area contributed by atoms with Gasteiger partial charge in [0.05, 0.1) is 5.69 Å². The summed E-state index contributed by atoms with van der Waals surface area (Å²) in [6, 6.07) is 8.11. The predicted molar refractivity (Wildman–Crippen MR) is 86.0 cm³/mol. The molecule has 1 fully saturated rings. The molecule has 5 heteroatoms. The largest absolute Gasteiger partial charge is 0.381 e. The Kier molecular flexibility index (Phi) is 4.52. The average molecular weight is 321 g/mol. The lowest BCUT2D eigenvalue weighted by atomic mass is 9.82. The zero-order valence-electron chi connectivity index (χ0n) is 13.0. The van der Waals surface area contributed by atoms with E-state index in [2.05, 4.69) is 22.6 Å². The van der Waals surface area contributed by atoms with Gasteiger partial charge in [-0.1, -0.05) is 28.9 Å². The van der Waals surface area contributed by atoms with Crippen molar-refractivity contribution in [1.82, 2.24) is 10.5 Å². The zero-order chi connectivity index (χ0) is 15.6. The smallest absolute Gasteiger partial charge is 0.138 e. The van der Waals surface area contributed by atoms with Gasteiger partial charge >= 0.3 is 0 Å². The maximum Gasteiger partial charge on any atom is 0.138 e. The number of hydrogen-bond donors (Lipinski definition) is 1. The monoisotopic (exact) mass is 320 g/mol. The molecule has 2 heterocycles. The normalized spacial score (nSPS) is 17.6. The van der Waals surface area contributed by atoms with E-state index in [-0.39, 0.29) is 5.54 Å². The van der Waals surface area contributed by atoms with Crippen molar-refractivity contribution in [1.29, 1.82) is 0 Å². The molecule has 2 aromatic rings. The van der Waals surface area contributed by atoms with Crippen molar-refractivity contribution in [3.63, 3.8) is 0 Å². The molecule has 3 rings (SSSR count). The summed E-state index contributed by atoms with van der Waals surface area (Å²) >= 11 is 6.03. The van der Waals surface area contributed by atoms with Gasteiger partial charge in [0.25, 0.3) is 0 Å². The molecule has 0 atom stereocenters. The van der Waals surface area contributed by atoms with Gasteiger partial charge in [0, 0.05) is 35.9 Å². The van der Waals surface area contributed by atoms with Crippen molar-refractivity contribution in [2.45, 2.75) is 38.8 Å². The van der Waals surface area contributed by atoms with E-state index in [0.29, 0.717) is 0 Å². The first-order valence-corrected chi connectivity index (χ1v) is 7.99.